The number of carbonyl (C=O) groups is 1. The highest BCUT2D eigenvalue weighted by Gasteiger charge is 2.17. The third kappa shape index (κ3) is 4.62. The second-order valence-corrected chi connectivity index (χ2v) is 8.24. The van der Waals surface area contributed by atoms with Crippen LogP contribution in [0.5, 0.6) is 0 Å². The number of rotatable bonds is 6. The highest BCUT2D eigenvalue weighted by molar-refractivity contribution is 7.91. The summed E-state index contributed by atoms with van der Waals surface area (Å²) in [4.78, 5) is 23.8. The van der Waals surface area contributed by atoms with Crippen molar-refractivity contribution in [2.24, 2.45) is 0 Å². The molecule has 0 saturated carbocycles. The largest absolute Gasteiger partial charge is 0.461 e. The summed E-state index contributed by atoms with van der Waals surface area (Å²) in [5, 5.41) is 0.671. The number of hydrogen-bond acceptors (Lipinski definition) is 6. The Labute approximate surface area is 156 Å². The fourth-order valence-corrected chi connectivity index (χ4v) is 3.89. The van der Waals surface area contributed by atoms with Crippen LogP contribution in [0.2, 0.25) is 0 Å². The Bertz CT molecular complexity index is 1130. The fourth-order valence-electron chi connectivity index (χ4n) is 2.65. The van der Waals surface area contributed by atoms with Crippen molar-refractivity contribution in [1.82, 2.24) is 0 Å². The van der Waals surface area contributed by atoms with Gasteiger partial charge < -0.3 is 9.15 Å². The van der Waals surface area contributed by atoms with Gasteiger partial charge in [0, 0.05) is 17.0 Å². The Morgan fingerprint density at radius 3 is 2.56 bits per heavy atom. The molecule has 0 aliphatic heterocycles. The second kappa shape index (κ2) is 7.75. The summed E-state index contributed by atoms with van der Waals surface area (Å²) < 4.78 is 34.7. The molecule has 0 atom stereocenters. The van der Waals surface area contributed by atoms with Crippen LogP contribution in [0.3, 0.4) is 0 Å². The molecule has 0 aliphatic rings. The number of hydrogen-bond donors (Lipinski definition) is 0. The third-order valence-electron chi connectivity index (χ3n) is 4.05. The molecule has 3 aromatic rings. The number of aryl methyl sites for hydroxylation is 1. The monoisotopic (exact) mass is 386 g/mol. The molecular formula is C20H18O6S. The van der Waals surface area contributed by atoms with Gasteiger partial charge in [-0.2, -0.15) is 0 Å². The average Bonchev–Trinajstić information content (AvgIpc) is 2.64. The standard InChI is InChI=1S/C20H18O6S/c1-14-7-8-17-15(12-20(22)26-18(17)11-14)13-25-19(21)9-10-27(23,24)16-5-3-2-4-6-16/h2-8,11-12H,9-10,13H2,1H3. The lowest BCUT2D eigenvalue weighted by Crippen LogP contribution is -2.14. The maximum Gasteiger partial charge on any atom is 0.336 e. The summed E-state index contributed by atoms with van der Waals surface area (Å²) >= 11 is 0. The Morgan fingerprint density at radius 1 is 1.07 bits per heavy atom. The number of ether oxygens (including phenoxy) is 1. The SMILES string of the molecule is Cc1ccc2c(COC(=O)CCS(=O)(=O)c3ccccc3)cc(=O)oc2c1. The first kappa shape index (κ1) is 18.8. The summed E-state index contributed by atoms with van der Waals surface area (Å²) in [5.41, 5.74) is 1.33. The van der Waals surface area contributed by atoms with E-state index in [0.29, 0.717) is 16.5 Å². The van der Waals surface area contributed by atoms with E-state index in [2.05, 4.69) is 0 Å². The highest BCUT2D eigenvalue weighted by Crippen LogP contribution is 2.19. The first-order valence-electron chi connectivity index (χ1n) is 8.32. The van der Waals surface area contributed by atoms with Crippen molar-refractivity contribution >= 4 is 26.8 Å². The smallest absolute Gasteiger partial charge is 0.336 e. The molecule has 0 amide bonds. The lowest BCUT2D eigenvalue weighted by atomic mass is 10.1. The summed E-state index contributed by atoms with van der Waals surface area (Å²) in [5.74, 6) is -0.991. The number of esters is 1. The minimum Gasteiger partial charge on any atom is -0.461 e. The van der Waals surface area contributed by atoms with Gasteiger partial charge in [0.15, 0.2) is 9.84 Å². The predicted octanol–water partition coefficient (Wildman–Crippen LogP) is 3.01. The topological polar surface area (TPSA) is 90.7 Å². The Kier molecular flexibility index (Phi) is 5.41. The number of benzene rings is 2. The molecule has 0 saturated heterocycles. The first-order valence-corrected chi connectivity index (χ1v) is 9.97. The maximum absolute atomic E-state index is 12.2. The van der Waals surface area contributed by atoms with E-state index in [1.165, 1.54) is 18.2 Å². The van der Waals surface area contributed by atoms with Gasteiger partial charge in [-0.1, -0.05) is 30.3 Å². The quantitative estimate of drug-likeness (QED) is 0.478. The zero-order chi connectivity index (χ0) is 19.4. The number of carbonyl (C=O) groups excluding carboxylic acids is 1. The van der Waals surface area contributed by atoms with Gasteiger partial charge in [-0.25, -0.2) is 13.2 Å². The van der Waals surface area contributed by atoms with Crippen LogP contribution in [0.1, 0.15) is 17.5 Å². The molecule has 0 aliphatic carbocycles. The zero-order valence-corrected chi connectivity index (χ0v) is 15.5. The van der Waals surface area contributed by atoms with Crippen LogP contribution in [0, 0.1) is 6.92 Å². The summed E-state index contributed by atoms with van der Waals surface area (Å²) in [6.07, 6.45) is -0.268. The van der Waals surface area contributed by atoms with E-state index in [9.17, 15) is 18.0 Å². The van der Waals surface area contributed by atoms with Gasteiger partial charge in [0.05, 0.1) is 17.1 Å². The fraction of sp³-hybridized carbons (Fsp3) is 0.200. The molecule has 140 valence electrons. The van der Waals surface area contributed by atoms with Crippen LogP contribution in [0.15, 0.2) is 68.7 Å². The molecule has 3 rings (SSSR count). The first-order chi connectivity index (χ1) is 12.8. The van der Waals surface area contributed by atoms with Gasteiger partial charge in [-0.05, 0) is 30.7 Å². The molecule has 1 heterocycles. The van der Waals surface area contributed by atoms with Gasteiger partial charge in [0.25, 0.3) is 0 Å². The van der Waals surface area contributed by atoms with E-state index in [1.807, 2.05) is 13.0 Å². The molecule has 1 aromatic heterocycles. The molecule has 0 radical (unpaired) electrons. The summed E-state index contributed by atoms with van der Waals surface area (Å²) in [6.45, 7) is 1.74. The normalized spacial score (nSPS) is 11.4. The molecule has 0 N–H and O–H groups in total. The summed E-state index contributed by atoms with van der Waals surface area (Å²) in [6, 6.07) is 14.6. The van der Waals surface area contributed by atoms with E-state index in [0.717, 1.165) is 5.56 Å². The molecule has 27 heavy (non-hydrogen) atoms. The van der Waals surface area contributed by atoms with Crippen molar-refractivity contribution in [2.75, 3.05) is 5.75 Å². The Balaban J connectivity index is 1.66. The predicted molar refractivity (Wildman–Crippen MR) is 100 cm³/mol. The lowest BCUT2D eigenvalue weighted by molar-refractivity contribution is -0.144. The van der Waals surface area contributed by atoms with Crippen molar-refractivity contribution in [3.8, 4) is 0 Å². The minimum atomic E-state index is -3.55. The van der Waals surface area contributed by atoms with E-state index in [1.54, 1.807) is 30.3 Å². The van der Waals surface area contributed by atoms with Gasteiger partial charge in [0.1, 0.15) is 12.2 Å². The van der Waals surface area contributed by atoms with Crippen LogP contribution in [-0.2, 0) is 26.0 Å². The van der Waals surface area contributed by atoms with Crippen molar-refractivity contribution in [3.05, 3.63) is 76.1 Å². The van der Waals surface area contributed by atoms with Crippen LogP contribution in [-0.4, -0.2) is 20.1 Å². The molecular weight excluding hydrogens is 368 g/mol. The molecule has 0 fully saturated rings. The molecule has 7 heteroatoms. The maximum atomic E-state index is 12.2. The van der Waals surface area contributed by atoms with Gasteiger partial charge in [-0.3, -0.25) is 4.79 Å². The van der Waals surface area contributed by atoms with Crippen molar-refractivity contribution in [2.45, 2.75) is 24.8 Å². The third-order valence-corrected chi connectivity index (χ3v) is 5.78. The molecule has 6 nitrogen and oxygen atoms in total. The Morgan fingerprint density at radius 2 is 1.81 bits per heavy atom. The zero-order valence-electron chi connectivity index (χ0n) is 14.7. The lowest BCUT2D eigenvalue weighted by Gasteiger charge is -2.08. The Hall–Kier alpha value is -2.93. The minimum absolute atomic E-state index is 0.130. The van der Waals surface area contributed by atoms with Gasteiger partial charge in [0.2, 0.25) is 0 Å². The van der Waals surface area contributed by atoms with E-state index >= 15 is 0 Å². The van der Waals surface area contributed by atoms with Crippen molar-refractivity contribution in [1.29, 1.82) is 0 Å². The summed E-state index contributed by atoms with van der Waals surface area (Å²) in [7, 11) is -3.55. The second-order valence-electron chi connectivity index (χ2n) is 6.13. The molecule has 0 spiro atoms. The van der Waals surface area contributed by atoms with Crippen LogP contribution >= 0.6 is 0 Å². The average molecular weight is 386 g/mol. The van der Waals surface area contributed by atoms with E-state index < -0.39 is 21.4 Å². The number of fused-ring (bicyclic) bond motifs is 1. The molecule has 2 aromatic carbocycles. The molecule has 0 bridgehead atoms. The van der Waals surface area contributed by atoms with Crippen LogP contribution in [0.25, 0.3) is 11.0 Å². The van der Waals surface area contributed by atoms with E-state index in [-0.39, 0.29) is 23.7 Å². The molecule has 0 unspecified atom stereocenters. The van der Waals surface area contributed by atoms with Gasteiger partial charge in [-0.15, -0.1) is 0 Å². The highest BCUT2D eigenvalue weighted by atomic mass is 32.2. The van der Waals surface area contributed by atoms with E-state index in [4.69, 9.17) is 9.15 Å². The van der Waals surface area contributed by atoms with Gasteiger partial charge >= 0.3 is 11.6 Å². The number of sulfone groups is 1. The van der Waals surface area contributed by atoms with Crippen LogP contribution in [0.4, 0.5) is 0 Å². The van der Waals surface area contributed by atoms with Crippen LogP contribution < -0.4 is 5.63 Å². The van der Waals surface area contributed by atoms with Crippen molar-refractivity contribution in [3.63, 3.8) is 0 Å². The van der Waals surface area contributed by atoms with Crippen molar-refractivity contribution < 1.29 is 22.4 Å².